The molecular weight excluding hydrogens is 758 g/mol. The average molecular weight is 775 g/mol. The molecule has 4 heterocycles. The number of hydrogen-bond donors (Lipinski definition) is 0. The first-order chi connectivity index (χ1) is 20.9. The SMILES string of the molecule is O=c1[n-]c2ccccc2s1.O=c1[n-]c2ccccc2s1.O=c1[n-]c2ccccc2s1.O=c1[n-]c2ccccc2s1.[Cl][Rh][Cl]. The Hall–Kier alpha value is -3.16. The van der Waals surface area contributed by atoms with E-state index in [1.807, 2.05) is 97.1 Å². The molecule has 223 valence electrons. The number of aromatic nitrogens is 4. The first-order valence-electron chi connectivity index (χ1n) is 11.8. The zero-order valence-corrected chi connectivity index (χ0v) is 27.8. The van der Waals surface area contributed by atoms with E-state index in [2.05, 4.69) is 19.9 Å². The fourth-order valence-electron chi connectivity index (χ4n) is 3.40. The van der Waals surface area contributed by atoms with Crippen LogP contribution in [0.3, 0.4) is 0 Å². The summed E-state index contributed by atoms with van der Waals surface area (Å²) in [5, 5.41) is 0. The standard InChI is InChI=1S/4C7H5NOS.2ClH.Rh/c4*9-7-8-5-3-1-2-4-6(5)10-7;;;/h4*1-4H,(H,8,9);2*1H;/q;;;;;;+2/p-6. The average Bonchev–Trinajstić information content (AvgIpc) is 3.76. The van der Waals surface area contributed by atoms with Gasteiger partial charge in [0.25, 0.3) is 0 Å². The molecule has 0 radical (unpaired) electrons. The predicted molar refractivity (Wildman–Crippen MR) is 177 cm³/mol. The van der Waals surface area contributed by atoms with Gasteiger partial charge >= 0.3 is 34.5 Å². The van der Waals surface area contributed by atoms with Crippen molar-refractivity contribution in [2.45, 2.75) is 0 Å². The van der Waals surface area contributed by atoms with E-state index in [1.165, 1.54) is 45.3 Å². The molecule has 4 aromatic carbocycles. The number of nitrogens with zero attached hydrogens (tertiary/aromatic N) is 4. The Morgan fingerprint density at radius 1 is 0.395 bits per heavy atom. The molecule has 8 aromatic rings. The minimum absolute atomic E-state index is 0.110. The summed E-state index contributed by atoms with van der Waals surface area (Å²) in [6, 6.07) is 30.1. The van der Waals surface area contributed by atoms with Crippen LogP contribution in [0.5, 0.6) is 0 Å². The van der Waals surface area contributed by atoms with Crippen LogP contribution >= 0.6 is 64.7 Å². The van der Waals surface area contributed by atoms with Crippen LogP contribution in [0.2, 0.25) is 0 Å². The van der Waals surface area contributed by atoms with Gasteiger partial charge in [-0.3, -0.25) is 0 Å². The third kappa shape index (κ3) is 9.94. The fraction of sp³-hybridized carbons (Fsp3) is 0. The minimum atomic E-state index is -0.226. The molecule has 0 N–H and O–H groups in total. The van der Waals surface area contributed by atoms with Crippen LogP contribution in [0.25, 0.3) is 40.9 Å². The molecule has 0 atom stereocenters. The Morgan fingerprint density at radius 2 is 0.581 bits per heavy atom. The van der Waals surface area contributed by atoms with E-state index in [9.17, 15) is 19.2 Å². The van der Waals surface area contributed by atoms with E-state index < -0.39 is 0 Å². The third-order valence-electron chi connectivity index (χ3n) is 5.10. The first-order valence-corrected chi connectivity index (χ1v) is 19.3. The van der Waals surface area contributed by atoms with Crippen LogP contribution in [0.4, 0.5) is 0 Å². The number of fused-ring (bicyclic) bond motifs is 4. The van der Waals surface area contributed by atoms with Gasteiger partial charge in [-0.25, -0.2) is 0 Å². The Morgan fingerprint density at radius 3 is 0.767 bits per heavy atom. The Kier molecular flexibility index (Phi) is 12.7. The van der Waals surface area contributed by atoms with E-state index in [1.54, 1.807) is 0 Å². The number of thiazole rings is 4. The molecule has 0 saturated carbocycles. The molecule has 15 heteroatoms. The van der Waals surface area contributed by atoms with Crippen LogP contribution in [0.15, 0.2) is 116 Å². The second-order valence-corrected chi connectivity index (χ2v) is 14.3. The molecular formula is C28H16Cl2N4O4RhS4-4. The molecule has 8 nitrogen and oxygen atoms in total. The van der Waals surface area contributed by atoms with Gasteiger partial charge in [-0.15, -0.1) is 67.4 Å². The summed E-state index contributed by atoms with van der Waals surface area (Å²) >= 11 is 4.52. The van der Waals surface area contributed by atoms with Gasteiger partial charge in [0.05, 0.1) is 0 Å². The molecule has 0 fully saturated rings. The Balaban J connectivity index is 0.000000127. The second kappa shape index (κ2) is 16.6. The number of halogens is 2. The monoisotopic (exact) mass is 773 g/mol. The predicted octanol–water partition coefficient (Wildman–Crippen LogP) is 6.25. The molecule has 0 aliphatic heterocycles. The Bertz CT molecular complexity index is 1820. The van der Waals surface area contributed by atoms with Crippen molar-refractivity contribution in [3.05, 3.63) is 136 Å². The second-order valence-electron chi connectivity index (χ2n) is 7.84. The van der Waals surface area contributed by atoms with E-state index in [4.69, 9.17) is 19.4 Å². The van der Waals surface area contributed by atoms with Crippen LogP contribution in [0, 0.1) is 0 Å². The van der Waals surface area contributed by atoms with E-state index >= 15 is 0 Å². The van der Waals surface area contributed by atoms with Crippen molar-refractivity contribution in [2.24, 2.45) is 0 Å². The van der Waals surface area contributed by atoms with Crippen molar-refractivity contribution in [1.82, 2.24) is 19.9 Å². The molecule has 0 aliphatic rings. The van der Waals surface area contributed by atoms with Gasteiger partial charge in [-0.2, -0.15) is 0 Å². The quantitative estimate of drug-likeness (QED) is 0.166. The maximum absolute atomic E-state index is 10.7. The van der Waals surface area contributed by atoms with Crippen LogP contribution in [0.1, 0.15) is 0 Å². The zero-order valence-electron chi connectivity index (χ0n) is 21.4. The fourth-order valence-corrected chi connectivity index (χ4v) is 6.19. The number of rotatable bonds is 0. The zero-order chi connectivity index (χ0) is 30.6. The summed E-state index contributed by atoms with van der Waals surface area (Å²) in [4.78, 5) is 57.4. The van der Waals surface area contributed by atoms with Gasteiger partial charge in [-0.05, 0) is 24.3 Å². The summed E-state index contributed by atoms with van der Waals surface area (Å²) in [5.41, 5.74) is 3.21. The molecule has 8 rings (SSSR count). The van der Waals surface area contributed by atoms with Gasteiger partial charge in [0, 0.05) is 18.8 Å². The van der Waals surface area contributed by atoms with Crippen molar-refractivity contribution in [2.75, 3.05) is 0 Å². The molecule has 0 bridgehead atoms. The molecule has 0 amide bonds. The summed E-state index contributed by atoms with van der Waals surface area (Å²) < 4.78 is 3.86. The number of hydrogen-bond acceptors (Lipinski definition) is 8. The Labute approximate surface area is 274 Å². The summed E-state index contributed by atoms with van der Waals surface area (Å²) in [5.74, 6) is 0. The van der Waals surface area contributed by atoms with Crippen molar-refractivity contribution in [1.29, 1.82) is 0 Å². The summed E-state index contributed by atoms with van der Waals surface area (Å²) in [6.07, 6.45) is 0. The van der Waals surface area contributed by atoms with Gasteiger partial charge in [-0.1, -0.05) is 72.8 Å². The van der Waals surface area contributed by atoms with Crippen molar-refractivity contribution >= 4 is 106 Å². The molecule has 0 saturated heterocycles. The first kappa shape index (κ1) is 32.8. The van der Waals surface area contributed by atoms with Crippen LogP contribution in [-0.4, -0.2) is 0 Å². The van der Waals surface area contributed by atoms with Gasteiger partial charge in [0.2, 0.25) is 0 Å². The van der Waals surface area contributed by atoms with Gasteiger partial charge in [0.1, 0.15) is 19.5 Å². The third-order valence-corrected chi connectivity index (χ3v) is 8.42. The number of para-hydroxylation sites is 4. The number of benzene rings is 4. The molecule has 43 heavy (non-hydrogen) atoms. The topological polar surface area (TPSA) is 125 Å². The van der Waals surface area contributed by atoms with Gasteiger partial charge in [0.15, 0.2) is 0 Å². The van der Waals surface area contributed by atoms with Crippen molar-refractivity contribution in [3.63, 3.8) is 0 Å². The van der Waals surface area contributed by atoms with E-state index in [0.29, 0.717) is 0 Å². The normalized spacial score (nSPS) is 10.2. The van der Waals surface area contributed by atoms with Crippen molar-refractivity contribution in [3.8, 4) is 0 Å². The van der Waals surface area contributed by atoms with Crippen LogP contribution in [-0.2, 0) is 15.1 Å². The summed E-state index contributed by atoms with van der Waals surface area (Å²) in [6.45, 7) is 0. The van der Waals surface area contributed by atoms with E-state index in [-0.39, 0.29) is 34.6 Å². The van der Waals surface area contributed by atoms with Gasteiger partial charge < -0.3 is 39.1 Å². The molecule has 0 unspecified atom stereocenters. The molecule has 4 aromatic heterocycles. The maximum atomic E-state index is 10.7. The van der Waals surface area contributed by atoms with E-state index in [0.717, 1.165) is 40.9 Å². The molecule has 0 aliphatic carbocycles. The van der Waals surface area contributed by atoms with Crippen LogP contribution < -0.4 is 39.4 Å². The van der Waals surface area contributed by atoms with Crippen molar-refractivity contribution < 1.29 is 15.1 Å². The summed E-state index contributed by atoms with van der Waals surface area (Å²) in [7, 11) is 9.67. The molecule has 0 spiro atoms.